The van der Waals surface area contributed by atoms with Gasteiger partial charge in [0.15, 0.2) is 9.84 Å². The van der Waals surface area contributed by atoms with E-state index in [9.17, 15) is 8.42 Å². The van der Waals surface area contributed by atoms with Crippen molar-refractivity contribution >= 4 is 15.5 Å². The van der Waals surface area contributed by atoms with Gasteiger partial charge in [-0.25, -0.2) is 8.42 Å². The summed E-state index contributed by atoms with van der Waals surface area (Å²) in [6.07, 6.45) is 1.12. The van der Waals surface area contributed by atoms with Gasteiger partial charge in [-0.05, 0) is 32.9 Å². The average molecular weight is 243 g/mol. The fourth-order valence-corrected chi connectivity index (χ4v) is 2.09. The summed E-state index contributed by atoms with van der Waals surface area (Å²) in [5, 5.41) is 0. The standard InChI is InChI=1S/C11H17NO3S/c1-11(2,3)15-8-6-5-7-9(10(8)12)16(4,13)14/h5-7H,12H2,1-4H3. The Morgan fingerprint density at radius 3 is 2.25 bits per heavy atom. The Balaban J connectivity index is 3.25. The van der Waals surface area contributed by atoms with Gasteiger partial charge in [-0.3, -0.25) is 0 Å². The number of hydrogen-bond acceptors (Lipinski definition) is 4. The largest absolute Gasteiger partial charge is 0.486 e. The van der Waals surface area contributed by atoms with Crippen molar-refractivity contribution < 1.29 is 13.2 Å². The zero-order valence-corrected chi connectivity index (χ0v) is 10.8. The minimum Gasteiger partial charge on any atom is -0.486 e. The van der Waals surface area contributed by atoms with Gasteiger partial charge >= 0.3 is 0 Å². The van der Waals surface area contributed by atoms with Gasteiger partial charge in [-0.2, -0.15) is 0 Å². The molecule has 0 heterocycles. The second kappa shape index (κ2) is 3.97. The highest BCUT2D eigenvalue weighted by Gasteiger charge is 2.18. The maximum atomic E-state index is 11.4. The minimum atomic E-state index is -3.32. The predicted octanol–water partition coefficient (Wildman–Crippen LogP) is 1.85. The molecule has 0 saturated heterocycles. The lowest BCUT2D eigenvalue weighted by atomic mass is 10.2. The molecular weight excluding hydrogens is 226 g/mol. The Labute approximate surface area is 96.3 Å². The van der Waals surface area contributed by atoms with E-state index in [0.29, 0.717) is 5.75 Å². The number of nitrogens with two attached hydrogens (primary N) is 1. The summed E-state index contributed by atoms with van der Waals surface area (Å²) in [7, 11) is -3.32. The van der Waals surface area contributed by atoms with Crippen LogP contribution in [0.3, 0.4) is 0 Å². The van der Waals surface area contributed by atoms with Crippen molar-refractivity contribution in [1.29, 1.82) is 0 Å². The van der Waals surface area contributed by atoms with Crippen molar-refractivity contribution in [2.75, 3.05) is 12.0 Å². The molecule has 0 spiro atoms. The zero-order valence-electron chi connectivity index (χ0n) is 9.94. The van der Waals surface area contributed by atoms with Gasteiger partial charge in [0.25, 0.3) is 0 Å². The third kappa shape index (κ3) is 3.13. The number of para-hydroxylation sites is 1. The molecular formula is C11H17NO3S. The number of hydrogen-bond donors (Lipinski definition) is 1. The third-order valence-electron chi connectivity index (χ3n) is 1.84. The van der Waals surface area contributed by atoms with E-state index in [1.165, 1.54) is 6.07 Å². The van der Waals surface area contributed by atoms with Gasteiger partial charge in [-0.1, -0.05) is 6.07 Å². The fraction of sp³-hybridized carbons (Fsp3) is 0.455. The number of nitrogen functional groups attached to an aromatic ring is 1. The first kappa shape index (κ1) is 12.8. The number of anilines is 1. The quantitative estimate of drug-likeness (QED) is 0.805. The van der Waals surface area contributed by atoms with Crippen molar-refractivity contribution in [3.8, 4) is 5.75 Å². The summed E-state index contributed by atoms with van der Waals surface area (Å²) in [5.41, 5.74) is 5.53. The highest BCUT2D eigenvalue weighted by atomic mass is 32.2. The first-order valence-corrected chi connectivity index (χ1v) is 6.78. The smallest absolute Gasteiger partial charge is 0.177 e. The number of sulfone groups is 1. The van der Waals surface area contributed by atoms with Crippen LogP contribution in [0.1, 0.15) is 20.8 Å². The number of rotatable bonds is 2. The molecule has 5 heteroatoms. The topological polar surface area (TPSA) is 69.4 Å². The molecule has 1 aromatic rings. The highest BCUT2D eigenvalue weighted by Crippen LogP contribution is 2.30. The SMILES string of the molecule is CC(C)(C)Oc1cccc(S(C)(=O)=O)c1N. The van der Waals surface area contributed by atoms with Gasteiger partial charge in [0, 0.05) is 6.26 Å². The molecule has 16 heavy (non-hydrogen) atoms. The molecule has 0 atom stereocenters. The molecule has 0 saturated carbocycles. The summed E-state index contributed by atoms with van der Waals surface area (Å²) in [5.74, 6) is 0.399. The Kier molecular flexibility index (Phi) is 3.19. The average Bonchev–Trinajstić information content (AvgIpc) is 2.04. The second-order valence-corrected chi connectivity index (χ2v) is 6.64. The molecule has 0 aromatic heterocycles. The van der Waals surface area contributed by atoms with Gasteiger partial charge in [0.2, 0.25) is 0 Å². The highest BCUT2D eigenvalue weighted by molar-refractivity contribution is 7.90. The number of benzene rings is 1. The summed E-state index contributed by atoms with van der Waals surface area (Å²) < 4.78 is 28.5. The molecule has 0 bridgehead atoms. The lowest BCUT2D eigenvalue weighted by molar-refractivity contribution is 0.131. The minimum absolute atomic E-state index is 0.106. The van der Waals surface area contributed by atoms with Gasteiger partial charge in [0.05, 0.1) is 10.6 Å². The van der Waals surface area contributed by atoms with Crippen LogP contribution in [0.25, 0.3) is 0 Å². The predicted molar refractivity (Wildman–Crippen MR) is 64.3 cm³/mol. The molecule has 0 aliphatic rings. The van der Waals surface area contributed by atoms with E-state index >= 15 is 0 Å². The molecule has 0 aliphatic carbocycles. The first-order valence-electron chi connectivity index (χ1n) is 4.89. The molecule has 2 N–H and O–H groups in total. The Hall–Kier alpha value is -1.23. The van der Waals surface area contributed by atoms with Crippen molar-refractivity contribution in [3.63, 3.8) is 0 Å². The van der Waals surface area contributed by atoms with Crippen molar-refractivity contribution in [2.24, 2.45) is 0 Å². The van der Waals surface area contributed by atoms with E-state index < -0.39 is 15.4 Å². The van der Waals surface area contributed by atoms with E-state index in [-0.39, 0.29) is 10.6 Å². The van der Waals surface area contributed by atoms with Crippen LogP contribution in [0.2, 0.25) is 0 Å². The maximum Gasteiger partial charge on any atom is 0.177 e. The van der Waals surface area contributed by atoms with Gasteiger partial charge < -0.3 is 10.5 Å². The Morgan fingerprint density at radius 1 is 1.25 bits per heavy atom. The zero-order chi connectivity index (χ0) is 12.6. The van der Waals surface area contributed by atoms with Crippen LogP contribution in [0.5, 0.6) is 5.75 Å². The lowest BCUT2D eigenvalue weighted by Gasteiger charge is -2.22. The third-order valence-corrected chi connectivity index (χ3v) is 3.00. The van der Waals surface area contributed by atoms with E-state index in [1.54, 1.807) is 12.1 Å². The molecule has 1 aromatic carbocycles. The van der Waals surface area contributed by atoms with Crippen LogP contribution in [-0.2, 0) is 9.84 Å². The molecule has 0 aliphatic heterocycles. The molecule has 0 radical (unpaired) electrons. The lowest BCUT2D eigenvalue weighted by Crippen LogP contribution is -2.23. The molecule has 1 rings (SSSR count). The van der Waals surface area contributed by atoms with Crippen LogP contribution in [0, 0.1) is 0 Å². The Morgan fingerprint density at radius 2 is 1.81 bits per heavy atom. The first-order chi connectivity index (χ1) is 7.11. The van der Waals surface area contributed by atoms with Crippen molar-refractivity contribution in [3.05, 3.63) is 18.2 Å². The van der Waals surface area contributed by atoms with Gasteiger partial charge in [-0.15, -0.1) is 0 Å². The Bertz CT molecular complexity index is 486. The summed E-state index contributed by atoms with van der Waals surface area (Å²) in [4.78, 5) is 0.106. The molecule has 4 nitrogen and oxygen atoms in total. The summed E-state index contributed by atoms with van der Waals surface area (Å²) in [6.45, 7) is 5.62. The van der Waals surface area contributed by atoms with Crippen molar-refractivity contribution in [1.82, 2.24) is 0 Å². The maximum absolute atomic E-state index is 11.4. The van der Waals surface area contributed by atoms with Crippen LogP contribution >= 0.6 is 0 Å². The van der Waals surface area contributed by atoms with E-state index in [4.69, 9.17) is 10.5 Å². The summed E-state index contributed by atoms with van der Waals surface area (Å²) >= 11 is 0. The second-order valence-electron chi connectivity index (χ2n) is 4.65. The number of ether oxygens (including phenoxy) is 1. The van der Waals surface area contributed by atoms with E-state index in [0.717, 1.165) is 6.26 Å². The molecule has 0 amide bonds. The van der Waals surface area contributed by atoms with Gasteiger partial charge in [0.1, 0.15) is 11.4 Å². The van der Waals surface area contributed by atoms with Crippen LogP contribution in [0.15, 0.2) is 23.1 Å². The molecule has 90 valence electrons. The molecule has 0 fully saturated rings. The van der Waals surface area contributed by atoms with Crippen LogP contribution in [0.4, 0.5) is 5.69 Å². The van der Waals surface area contributed by atoms with E-state index in [2.05, 4.69) is 0 Å². The normalized spacial score (nSPS) is 12.5. The molecule has 0 unspecified atom stereocenters. The summed E-state index contributed by atoms with van der Waals surface area (Å²) in [6, 6.07) is 4.75. The monoisotopic (exact) mass is 243 g/mol. The van der Waals surface area contributed by atoms with Crippen LogP contribution < -0.4 is 10.5 Å². The van der Waals surface area contributed by atoms with Crippen molar-refractivity contribution in [2.45, 2.75) is 31.3 Å². The van der Waals surface area contributed by atoms with E-state index in [1.807, 2.05) is 20.8 Å². The van der Waals surface area contributed by atoms with Crippen LogP contribution in [-0.4, -0.2) is 20.3 Å². The fourth-order valence-electron chi connectivity index (χ4n) is 1.27.